The van der Waals surface area contributed by atoms with Gasteiger partial charge in [-0.05, 0) is 62.8 Å². The summed E-state index contributed by atoms with van der Waals surface area (Å²) in [6.45, 7) is 2.62. The zero-order valence-electron chi connectivity index (χ0n) is 24.4. The molecule has 7 nitrogen and oxygen atoms in total. The second-order valence-corrected chi connectivity index (χ2v) is 12.6. The van der Waals surface area contributed by atoms with Gasteiger partial charge in [-0.2, -0.15) is 23.1 Å². The fourth-order valence-corrected chi connectivity index (χ4v) is 7.62. The Morgan fingerprint density at radius 3 is 2.69 bits per heavy atom. The van der Waals surface area contributed by atoms with Gasteiger partial charge in [0, 0.05) is 30.8 Å². The molecule has 2 N–H and O–H groups in total. The quantitative estimate of drug-likeness (QED) is 0.247. The summed E-state index contributed by atoms with van der Waals surface area (Å²) < 4.78 is 108. The number of anilines is 2. The maximum Gasteiger partial charge on any atom is 0.417 e. The van der Waals surface area contributed by atoms with Gasteiger partial charge in [-0.3, -0.25) is 9.88 Å². The molecular formula is C31H31F7N6O. The van der Waals surface area contributed by atoms with Gasteiger partial charge >= 0.3 is 12.2 Å². The van der Waals surface area contributed by atoms with Crippen molar-refractivity contribution in [1.29, 1.82) is 0 Å². The molecule has 0 spiro atoms. The Bertz CT molecular complexity index is 1710. The molecule has 0 bridgehead atoms. The van der Waals surface area contributed by atoms with Crippen LogP contribution in [0.25, 0.3) is 22.2 Å². The smallest absolute Gasteiger partial charge is 0.417 e. The predicted octanol–water partition coefficient (Wildman–Crippen LogP) is 6.68. The molecule has 1 aliphatic carbocycles. The average Bonchev–Trinajstić information content (AvgIpc) is 3.35. The number of hydrogen-bond donors (Lipinski definition) is 1. The lowest BCUT2D eigenvalue weighted by atomic mass is 9.94. The summed E-state index contributed by atoms with van der Waals surface area (Å²) in [4.78, 5) is 16.8. The summed E-state index contributed by atoms with van der Waals surface area (Å²) in [5, 5.41) is 0.0767. The third kappa shape index (κ3) is 4.86. The lowest BCUT2D eigenvalue weighted by Crippen LogP contribution is -2.43. The summed E-state index contributed by atoms with van der Waals surface area (Å²) in [6.07, 6.45) is -0.110. The molecule has 240 valence electrons. The lowest BCUT2D eigenvalue weighted by molar-refractivity contribution is -0.137. The Kier molecular flexibility index (Phi) is 7.13. The third-order valence-electron chi connectivity index (χ3n) is 9.88. The van der Waals surface area contributed by atoms with Crippen molar-refractivity contribution in [2.75, 3.05) is 36.9 Å². The molecule has 4 atom stereocenters. The largest absolute Gasteiger partial charge is 0.461 e. The van der Waals surface area contributed by atoms with Gasteiger partial charge in [0.15, 0.2) is 5.82 Å². The number of halogens is 7. The number of fused-ring (bicyclic) bond motifs is 3. The molecule has 7 rings (SSSR count). The van der Waals surface area contributed by atoms with E-state index in [2.05, 4.69) is 19.9 Å². The van der Waals surface area contributed by atoms with Crippen molar-refractivity contribution < 1.29 is 35.5 Å². The van der Waals surface area contributed by atoms with Crippen molar-refractivity contribution in [3.63, 3.8) is 0 Å². The predicted molar refractivity (Wildman–Crippen MR) is 153 cm³/mol. The minimum Gasteiger partial charge on any atom is -0.461 e. The highest BCUT2D eigenvalue weighted by Crippen LogP contribution is 2.49. The van der Waals surface area contributed by atoms with Crippen molar-refractivity contribution in [1.82, 2.24) is 19.9 Å². The molecule has 14 heteroatoms. The Morgan fingerprint density at radius 2 is 1.93 bits per heavy atom. The minimum absolute atomic E-state index is 0.0680. The van der Waals surface area contributed by atoms with Crippen LogP contribution in [0.4, 0.5) is 42.2 Å². The van der Waals surface area contributed by atoms with Crippen LogP contribution in [0.1, 0.15) is 49.7 Å². The summed E-state index contributed by atoms with van der Waals surface area (Å²) in [5.74, 6) is -2.51. The Morgan fingerprint density at radius 1 is 1.13 bits per heavy atom. The Hall–Kier alpha value is -3.68. The van der Waals surface area contributed by atoms with E-state index in [-0.39, 0.29) is 35.3 Å². The van der Waals surface area contributed by atoms with E-state index in [0.717, 1.165) is 45.3 Å². The van der Waals surface area contributed by atoms with Crippen LogP contribution in [0, 0.1) is 24.5 Å². The monoisotopic (exact) mass is 636 g/mol. The number of nitrogen functional groups attached to an aromatic ring is 1. The first-order chi connectivity index (χ1) is 21.4. The Balaban J connectivity index is 1.37. The van der Waals surface area contributed by atoms with Crippen LogP contribution in [-0.4, -0.2) is 63.8 Å². The Labute approximate surface area is 254 Å². The normalized spacial score (nSPS) is 27.6. The van der Waals surface area contributed by atoms with Crippen LogP contribution in [0.15, 0.2) is 24.2 Å². The van der Waals surface area contributed by atoms with Crippen molar-refractivity contribution in [3.8, 4) is 17.3 Å². The second-order valence-electron chi connectivity index (χ2n) is 12.6. The molecule has 4 aliphatic rings. The van der Waals surface area contributed by atoms with Crippen LogP contribution in [0.5, 0.6) is 6.01 Å². The summed E-state index contributed by atoms with van der Waals surface area (Å²) in [7, 11) is 0. The number of pyridine rings is 1. The van der Waals surface area contributed by atoms with Gasteiger partial charge in [-0.25, -0.2) is 17.6 Å². The topological polar surface area (TPSA) is 80.4 Å². The molecular weight excluding hydrogens is 605 g/mol. The lowest BCUT2D eigenvalue weighted by Gasteiger charge is -2.31. The number of benzene rings is 1. The number of hydrogen-bond acceptors (Lipinski definition) is 7. The first kappa shape index (κ1) is 30.0. The van der Waals surface area contributed by atoms with Gasteiger partial charge in [0.25, 0.3) is 0 Å². The fourth-order valence-electron chi connectivity index (χ4n) is 7.62. The van der Waals surface area contributed by atoms with Crippen LogP contribution >= 0.6 is 0 Å². The van der Waals surface area contributed by atoms with E-state index in [0.29, 0.717) is 43.9 Å². The molecule has 0 radical (unpaired) electrons. The highest BCUT2D eigenvalue weighted by Gasteiger charge is 2.56. The SMILES string of the molecule is Cc1c(F)c(N)cc(-c2ncc3c(N4CCCC[C@@H]5[C@H](F)[C@@H]54)nc(OC[C@@]45CCCN4C/C(=C/F)C5)nc3c2F)c1C(F)(F)F. The van der Waals surface area contributed by atoms with Gasteiger partial charge in [-0.15, -0.1) is 0 Å². The van der Waals surface area contributed by atoms with Crippen molar-refractivity contribution in [3.05, 3.63) is 46.9 Å². The molecule has 3 aliphatic heterocycles. The van der Waals surface area contributed by atoms with E-state index >= 15 is 4.39 Å². The van der Waals surface area contributed by atoms with Crippen LogP contribution < -0.4 is 15.4 Å². The standard InChI is InChI=1S/C31H31F7N6O/c1-15-21(31(36,37)38)18(9-20(39)22(15)33)25-24(35)26-19(12-40-25)28(44-8-3-2-5-17-23(34)27(17)44)42-29(41-26)45-14-30-6-4-7-43(30)13-16(10-30)11-32/h9,11-12,17,23,27H,2-8,10,13-14,39H2,1H3/b16-11+/t17-,23+,27-,30+/m1/s1. The summed E-state index contributed by atoms with van der Waals surface area (Å²) in [6, 6.07) is -0.0212. The molecule has 4 fully saturated rings. The van der Waals surface area contributed by atoms with Crippen molar-refractivity contribution in [2.24, 2.45) is 5.92 Å². The zero-order chi connectivity index (χ0) is 31.8. The molecule has 5 heterocycles. The number of ether oxygens (including phenoxy) is 1. The van der Waals surface area contributed by atoms with E-state index in [1.165, 1.54) is 0 Å². The highest BCUT2D eigenvalue weighted by atomic mass is 19.4. The molecule has 1 aromatic carbocycles. The molecule has 3 saturated heterocycles. The highest BCUT2D eigenvalue weighted by molar-refractivity contribution is 5.93. The van der Waals surface area contributed by atoms with E-state index in [4.69, 9.17) is 10.5 Å². The van der Waals surface area contributed by atoms with Crippen LogP contribution in [0.2, 0.25) is 0 Å². The fraction of sp³-hybridized carbons (Fsp3) is 0.516. The first-order valence-electron chi connectivity index (χ1n) is 15.0. The third-order valence-corrected chi connectivity index (χ3v) is 9.88. The number of aromatic nitrogens is 3. The molecule has 0 unspecified atom stereocenters. The van der Waals surface area contributed by atoms with Gasteiger partial charge < -0.3 is 15.4 Å². The van der Waals surface area contributed by atoms with Crippen molar-refractivity contribution in [2.45, 2.75) is 69.4 Å². The van der Waals surface area contributed by atoms with Gasteiger partial charge in [0.05, 0.1) is 34.5 Å². The molecule has 0 amide bonds. The van der Waals surface area contributed by atoms with E-state index in [1.54, 1.807) is 4.90 Å². The molecule has 2 aromatic heterocycles. The maximum absolute atomic E-state index is 16.5. The van der Waals surface area contributed by atoms with Crippen LogP contribution in [0.3, 0.4) is 0 Å². The van der Waals surface area contributed by atoms with Crippen molar-refractivity contribution >= 4 is 22.4 Å². The number of nitrogens with zero attached hydrogens (tertiary/aromatic N) is 5. The van der Waals surface area contributed by atoms with E-state index in [9.17, 15) is 26.3 Å². The van der Waals surface area contributed by atoms with Crippen LogP contribution in [-0.2, 0) is 6.18 Å². The zero-order valence-corrected chi connectivity index (χ0v) is 24.4. The molecule has 45 heavy (non-hydrogen) atoms. The van der Waals surface area contributed by atoms with Gasteiger partial charge in [-0.1, -0.05) is 6.42 Å². The summed E-state index contributed by atoms with van der Waals surface area (Å²) >= 11 is 0. The first-order valence-corrected chi connectivity index (χ1v) is 15.0. The van der Waals surface area contributed by atoms with Gasteiger partial charge in [0.1, 0.15) is 35.6 Å². The van der Waals surface area contributed by atoms with E-state index < -0.39 is 63.6 Å². The number of alkyl halides is 4. The second kappa shape index (κ2) is 10.7. The maximum atomic E-state index is 16.5. The minimum atomic E-state index is -5.05. The van der Waals surface area contributed by atoms with Gasteiger partial charge in [0.2, 0.25) is 0 Å². The average molecular weight is 637 g/mol. The molecule has 3 aromatic rings. The molecule has 1 saturated carbocycles. The number of rotatable bonds is 5. The van der Waals surface area contributed by atoms with E-state index in [1.807, 2.05) is 0 Å². The number of nitrogens with two attached hydrogens (primary N) is 1. The summed E-state index contributed by atoms with van der Waals surface area (Å²) in [5.41, 5.74) is 1.18.